The van der Waals surface area contributed by atoms with E-state index in [2.05, 4.69) is 55.6 Å². The van der Waals surface area contributed by atoms with Gasteiger partial charge in [0.2, 0.25) is 5.91 Å². The van der Waals surface area contributed by atoms with Crippen molar-refractivity contribution >= 4 is 13.7 Å². The van der Waals surface area contributed by atoms with Crippen molar-refractivity contribution in [1.29, 1.82) is 0 Å². The summed E-state index contributed by atoms with van der Waals surface area (Å²) < 4.78 is 23.8. The molecule has 3 unspecified atom stereocenters. The maximum absolute atomic E-state index is 13.0. The van der Waals surface area contributed by atoms with E-state index in [9.17, 15) is 19.4 Å². The molecule has 0 aliphatic heterocycles. The average molecular weight is 981 g/mol. The summed E-state index contributed by atoms with van der Waals surface area (Å²) in [4.78, 5) is 23.4. The van der Waals surface area contributed by atoms with Crippen LogP contribution in [0.1, 0.15) is 284 Å². The molecule has 0 fully saturated rings. The molecule has 8 nitrogen and oxygen atoms in total. The van der Waals surface area contributed by atoms with Gasteiger partial charge in [0, 0.05) is 6.42 Å². The largest absolute Gasteiger partial charge is 0.472 e. The minimum atomic E-state index is -4.33. The molecule has 0 rings (SSSR count). The van der Waals surface area contributed by atoms with E-state index in [0.717, 1.165) is 51.4 Å². The van der Waals surface area contributed by atoms with Gasteiger partial charge in [0.15, 0.2) is 0 Å². The number of phosphoric ester groups is 1. The van der Waals surface area contributed by atoms with Crippen molar-refractivity contribution in [1.82, 2.24) is 5.32 Å². The Balaban J connectivity index is 4.17. The van der Waals surface area contributed by atoms with E-state index in [4.69, 9.17) is 9.05 Å². The van der Waals surface area contributed by atoms with E-state index in [1.165, 1.54) is 205 Å². The molecule has 0 aliphatic carbocycles. The highest BCUT2D eigenvalue weighted by atomic mass is 31.2. The first-order chi connectivity index (χ1) is 33.0. The van der Waals surface area contributed by atoms with Gasteiger partial charge in [0.25, 0.3) is 0 Å². The van der Waals surface area contributed by atoms with Gasteiger partial charge in [-0.25, -0.2) is 4.57 Å². The van der Waals surface area contributed by atoms with Crippen LogP contribution in [0.25, 0.3) is 0 Å². The number of hydrogen-bond acceptors (Lipinski definition) is 5. The number of quaternary nitrogens is 1. The lowest BCUT2D eigenvalue weighted by Gasteiger charge is -2.26. The van der Waals surface area contributed by atoms with E-state index in [1.54, 1.807) is 0 Å². The van der Waals surface area contributed by atoms with E-state index in [0.29, 0.717) is 23.9 Å². The number of aliphatic hydroxyl groups excluding tert-OH is 1. The van der Waals surface area contributed by atoms with Crippen LogP contribution in [0.2, 0.25) is 0 Å². The molecule has 0 saturated carbocycles. The first-order valence-corrected chi connectivity index (χ1v) is 30.8. The maximum Gasteiger partial charge on any atom is 0.472 e. The zero-order valence-corrected chi connectivity index (χ0v) is 46.8. The van der Waals surface area contributed by atoms with Gasteiger partial charge in [-0.3, -0.25) is 13.8 Å². The zero-order chi connectivity index (χ0) is 49.9. The van der Waals surface area contributed by atoms with Crippen LogP contribution in [-0.4, -0.2) is 73.4 Å². The summed E-state index contributed by atoms with van der Waals surface area (Å²) >= 11 is 0. The predicted molar refractivity (Wildman–Crippen MR) is 295 cm³/mol. The Hall–Kier alpha value is -1.28. The molecule has 0 aromatic heterocycles. The van der Waals surface area contributed by atoms with Crippen LogP contribution < -0.4 is 5.32 Å². The van der Waals surface area contributed by atoms with E-state index in [1.807, 2.05) is 21.1 Å². The van der Waals surface area contributed by atoms with Gasteiger partial charge in [0.05, 0.1) is 39.9 Å². The second-order valence-corrected chi connectivity index (χ2v) is 22.8. The fourth-order valence-corrected chi connectivity index (χ4v) is 9.50. The second-order valence-electron chi connectivity index (χ2n) is 21.4. The highest BCUT2D eigenvalue weighted by Crippen LogP contribution is 2.43. The van der Waals surface area contributed by atoms with Crippen LogP contribution in [0.3, 0.4) is 0 Å². The van der Waals surface area contributed by atoms with Crippen molar-refractivity contribution < 1.29 is 32.9 Å². The smallest absolute Gasteiger partial charge is 0.391 e. The number of carbonyl (C=O) groups is 1. The van der Waals surface area contributed by atoms with Gasteiger partial charge in [0.1, 0.15) is 13.2 Å². The summed E-state index contributed by atoms with van der Waals surface area (Å²) in [6.45, 7) is 4.91. The zero-order valence-electron chi connectivity index (χ0n) is 45.9. The number of carbonyl (C=O) groups excluding carboxylic acids is 1. The summed E-state index contributed by atoms with van der Waals surface area (Å²) in [5, 5.41) is 14.1. The van der Waals surface area contributed by atoms with Gasteiger partial charge in [-0.15, -0.1) is 0 Å². The first kappa shape index (κ1) is 66.7. The van der Waals surface area contributed by atoms with Crippen LogP contribution >= 0.6 is 7.82 Å². The monoisotopic (exact) mass is 980 g/mol. The van der Waals surface area contributed by atoms with Crippen LogP contribution in [-0.2, 0) is 18.4 Å². The molecule has 9 heteroatoms. The summed E-state index contributed by atoms with van der Waals surface area (Å²) in [5.41, 5.74) is 0. The maximum atomic E-state index is 13.0. The molecular formula is C59H116N2O6P+. The molecule has 3 atom stereocenters. The number of aliphatic hydroxyl groups is 1. The van der Waals surface area contributed by atoms with Crippen LogP contribution in [0.15, 0.2) is 36.5 Å². The van der Waals surface area contributed by atoms with E-state index in [-0.39, 0.29) is 19.1 Å². The lowest BCUT2D eigenvalue weighted by molar-refractivity contribution is -0.870. The lowest BCUT2D eigenvalue weighted by Crippen LogP contribution is -2.46. The van der Waals surface area contributed by atoms with Crippen LogP contribution in [0.5, 0.6) is 0 Å². The van der Waals surface area contributed by atoms with Gasteiger partial charge >= 0.3 is 7.82 Å². The Morgan fingerprint density at radius 1 is 0.500 bits per heavy atom. The molecule has 0 heterocycles. The standard InChI is InChI=1S/C59H115N2O6P/c1-6-8-10-12-14-16-18-20-22-24-26-28-29-30-31-33-35-37-39-41-43-45-47-49-51-53-59(63)60-57(56-67-68(64,65)66-55-54-61(3,4)5)58(62)52-50-48-46-44-42-40-38-36-34-32-27-25-23-21-19-17-15-13-11-9-7-2/h18,20,24,26,29-30,57-58,62H,6-17,19,21-23,25,27-28,31-56H2,1-5H3,(H-,60,63,64,65)/p+1/b20-18-,26-24-,30-29-. The van der Waals surface area contributed by atoms with Gasteiger partial charge in [-0.2, -0.15) is 0 Å². The molecule has 0 radical (unpaired) electrons. The number of likely N-dealkylation sites (N-methyl/N-ethyl adjacent to an activating group) is 1. The minimum Gasteiger partial charge on any atom is -0.391 e. The van der Waals surface area contributed by atoms with Gasteiger partial charge < -0.3 is 19.8 Å². The molecule has 0 spiro atoms. The van der Waals surface area contributed by atoms with Crippen LogP contribution in [0.4, 0.5) is 0 Å². The summed E-state index contributed by atoms with van der Waals surface area (Å²) in [7, 11) is 1.62. The number of allylic oxidation sites excluding steroid dienone is 6. The Kier molecular flexibility index (Phi) is 49.7. The minimum absolute atomic E-state index is 0.0741. The molecule has 0 aliphatic rings. The lowest BCUT2D eigenvalue weighted by atomic mass is 10.0. The number of unbranched alkanes of at least 4 members (excludes halogenated alkanes) is 35. The van der Waals surface area contributed by atoms with Gasteiger partial charge in [-0.05, 0) is 51.4 Å². The first-order valence-electron chi connectivity index (χ1n) is 29.4. The fraction of sp³-hybridized carbons (Fsp3) is 0.881. The Labute approximate surface area is 423 Å². The van der Waals surface area contributed by atoms with Crippen molar-refractivity contribution in [3.05, 3.63) is 36.5 Å². The number of nitrogens with zero attached hydrogens (tertiary/aromatic N) is 1. The highest BCUT2D eigenvalue weighted by molar-refractivity contribution is 7.47. The number of rotatable bonds is 54. The van der Waals surface area contributed by atoms with Gasteiger partial charge in [-0.1, -0.05) is 262 Å². The third-order valence-electron chi connectivity index (χ3n) is 13.4. The van der Waals surface area contributed by atoms with E-state index >= 15 is 0 Å². The number of phosphoric acid groups is 1. The molecule has 68 heavy (non-hydrogen) atoms. The molecule has 0 bridgehead atoms. The number of amides is 1. The molecule has 0 aromatic carbocycles. The SMILES string of the molecule is CCCCCCC/C=C\C/C=C\C/C=C\CCCCCCCCCCCCC(=O)NC(COP(=O)(O)OCC[N+](C)(C)C)C(O)CCCCCCCCCCCCCCCCCCCCCCC. The van der Waals surface area contributed by atoms with Crippen molar-refractivity contribution in [2.45, 2.75) is 296 Å². The predicted octanol–water partition coefficient (Wildman–Crippen LogP) is 17.8. The summed E-state index contributed by atoms with van der Waals surface area (Å²) in [6, 6.07) is -0.764. The Morgan fingerprint density at radius 2 is 0.838 bits per heavy atom. The molecule has 402 valence electrons. The molecular weight excluding hydrogens is 864 g/mol. The normalized spacial score (nSPS) is 14.2. The number of nitrogens with one attached hydrogen (secondary N) is 1. The fourth-order valence-electron chi connectivity index (χ4n) is 8.76. The van der Waals surface area contributed by atoms with E-state index < -0.39 is 20.0 Å². The second kappa shape index (κ2) is 50.7. The Bertz CT molecular complexity index is 1200. The molecule has 1 amide bonds. The Morgan fingerprint density at radius 3 is 1.22 bits per heavy atom. The van der Waals surface area contributed by atoms with Crippen molar-refractivity contribution in [2.24, 2.45) is 0 Å². The van der Waals surface area contributed by atoms with Crippen molar-refractivity contribution in [3.8, 4) is 0 Å². The molecule has 0 saturated heterocycles. The van der Waals surface area contributed by atoms with Crippen molar-refractivity contribution in [3.63, 3.8) is 0 Å². The number of hydrogen-bond donors (Lipinski definition) is 3. The molecule has 3 N–H and O–H groups in total. The van der Waals surface area contributed by atoms with Crippen molar-refractivity contribution in [2.75, 3.05) is 40.9 Å². The van der Waals surface area contributed by atoms with Crippen LogP contribution in [0, 0.1) is 0 Å². The topological polar surface area (TPSA) is 105 Å². The molecule has 0 aromatic rings. The third kappa shape index (κ3) is 52.5. The average Bonchev–Trinajstić information content (AvgIpc) is 3.30. The summed E-state index contributed by atoms with van der Waals surface area (Å²) in [6.07, 6.45) is 64.8. The summed E-state index contributed by atoms with van der Waals surface area (Å²) in [5.74, 6) is -0.145. The quantitative estimate of drug-likeness (QED) is 0.0243. The third-order valence-corrected chi connectivity index (χ3v) is 14.4. The highest BCUT2D eigenvalue weighted by Gasteiger charge is 2.28.